The number of methoxy groups -OCH3 is 1. The largest absolute Gasteiger partial charge is 0.496 e. The van der Waals surface area contributed by atoms with E-state index in [0.717, 1.165) is 28.3 Å². The number of hydrogen-bond donors (Lipinski definition) is 1. The van der Waals surface area contributed by atoms with Crippen LogP contribution in [0.4, 0.5) is 0 Å². The van der Waals surface area contributed by atoms with Crippen molar-refractivity contribution in [1.82, 2.24) is 25.1 Å². The third-order valence-corrected chi connectivity index (χ3v) is 5.86. The number of carbonyl (C=O) groups is 1. The van der Waals surface area contributed by atoms with Crippen molar-refractivity contribution in [1.29, 1.82) is 0 Å². The normalized spacial score (nSPS) is 10.8. The van der Waals surface area contributed by atoms with Crippen molar-refractivity contribution in [3.63, 3.8) is 0 Å². The fourth-order valence-electron chi connectivity index (χ4n) is 3.33. The molecule has 2 aromatic heterocycles. The highest BCUT2D eigenvalue weighted by atomic mass is 32.2. The van der Waals surface area contributed by atoms with Gasteiger partial charge in [-0.1, -0.05) is 30.0 Å². The van der Waals surface area contributed by atoms with Crippen LogP contribution in [0.3, 0.4) is 0 Å². The van der Waals surface area contributed by atoms with Crippen molar-refractivity contribution in [2.45, 2.75) is 18.5 Å². The smallest absolute Gasteiger partial charge is 0.230 e. The Kier molecular flexibility index (Phi) is 7.41. The molecule has 4 aromatic rings. The van der Waals surface area contributed by atoms with Gasteiger partial charge >= 0.3 is 0 Å². The second-order valence-corrected chi connectivity index (χ2v) is 8.07. The molecule has 0 unspecified atom stereocenters. The van der Waals surface area contributed by atoms with Crippen LogP contribution in [0, 0.1) is 0 Å². The number of thioether (sulfide) groups is 1. The van der Waals surface area contributed by atoms with E-state index in [9.17, 15) is 4.79 Å². The first-order valence-electron chi connectivity index (χ1n) is 10.6. The molecule has 2 heterocycles. The Labute approximate surface area is 196 Å². The summed E-state index contributed by atoms with van der Waals surface area (Å²) in [5.41, 5.74) is 3.43. The zero-order valence-electron chi connectivity index (χ0n) is 18.5. The second kappa shape index (κ2) is 10.8. The summed E-state index contributed by atoms with van der Waals surface area (Å²) in [6, 6.07) is 19.3. The molecule has 4 rings (SSSR count). The maximum Gasteiger partial charge on any atom is 0.230 e. The molecule has 0 aliphatic heterocycles. The Hall–Kier alpha value is -3.59. The van der Waals surface area contributed by atoms with Crippen molar-refractivity contribution in [3.8, 4) is 22.8 Å². The SMILES string of the molecule is CCOc1ccc(-c2ccc3nnc(SCC(=O)NCCc4ccccc4OC)n3n2)cc1. The lowest BCUT2D eigenvalue weighted by molar-refractivity contribution is -0.118. The molecule has 0 spiro atoms. The highest BCUT2D eigenvalue weighted by Gasteiger charge is 2.12. The number of nitrogens with zero attached hydrogens (tertiary/aromatic N) is 4. The monoisotopic (exact) mass is 463 g/mol. The van der Waals surface area contributed by atoms with Crippen molar-refractivity contribution < 1.29 is 14.3 Å². The van der Waals surface area contributed by atoms with Crippen LogP contribution in [0.1, 0.15) is 12.5 Å². The summed E-state index contributed by atoms with van der Waals surface area (Å²) in [5.74, 6) is 1.79. The molecule has 0 atom stereocenters. The zero-order valence-corrected chi connectivity index (χ0v) is 19.3. The van der Waals surface area contributed by atoms with Gasteiger partial charge in [-0.2, -0.15) is 9.61 Å². The molecule has 0 fully saturated rings. The van der Waals surface area contributed by atoms with Gasteiger partial charge in [0.25, 0.3) is 0 Å². The highest BCUT2D eigenvalue weighted by Crippen LogP contribution is 2.23. The number of fused-ring (bicyclic) bond motifs is 1. The zero-order chi connectivity index (χ0) is 23.0. The van der Waals surface area contributed by atoms with Gasteiger partial charge in [-0.05, 0) is 61.4 Å². The van der Waals surface area contributed by atoms with Crippen LogP contribution in [0.2, 0.25) is 0 Å². The molecule has 170 valence electrons. The average Bonchev–Trinajstić information content (AvgIpc) is 3.26. The van der Waals surface area contributed by atoms with E-state index in [4.69, 9.17) is 9.47 Å². The number of aromatic nitrogens is 4. The molecule has 1 amide bonds. The van der Waals surface area contributed by atoms with E-state index < -0.39 is 0 Å². The summed E-state index contributed by atoms with van der Waals surface area (Å²) >= 11 is 1.30. The minimum absolute atomic E-state index is 0.0747. The second-order valence-electron chi connectivity index (χ2n) is 7.13. The minimum Gasteiger partial charge on any atom is -0.496 e. The van der Waals surface area contributed by atoms with Crippen LogP contribution in [0.25, 0.3) is 16.9 Å². The maximum atomic E-state index is 12.3. The highest BCUT2D eigenvalue weighted by molar-refractivity contribution is 7.99. The number of nitrogens with one attached hydrogen (secondary N) is 1. The van der Waals surface area contributed by atoms with Crippen LogP contribution in [-0.2, 0) is 11.2 Å². The van der Waals surface area contributed by atoms with Gasteiger partial charge in [0.2, 0.25) is 11.1 Å². The van der Waals surface area contributed by atoms with Gasteiger partial charge in [-0.3, -0.25) is 4.79 Å². The van der Waals surface area contributed by atoms with Gasteiger partial charge in [-0.25, -0.2) is 0 Å². The van der Waals surface area contributed by atoms with E-state index in [-0.39, 0.29) is 11.7 Å². The maximum absolute atomic E-state index is 12.3. The summed E-state index contributed by atoms with van der Waals surface area (Å²) in [7, 11) is 1.65. The molecular weight excluding hydrogens is 438 g/mol. The lowest BCUT2D eigenvalue weighted by Gasteiger charge is -2.09. The van der Waals surface area contributed by atoms with E-state index in [1.807, 2.05) is 67.6 Å². The van der Waals surface area contributed by atoms with Gasteiger partial charge in [0.15, 0.2) is 5.65 Å². The fraction of sp³-hybridized carbons (Fsp3) is 0.250. The predicted octanol–water partition coefficient (Wildman–Crippen LogP) is 3.65. The molecule has 0 saturated heterocycles. The molecule has 0 bridgehead atoms. The number of carbonyl (C=O) groups excluding carboxylic acids is 1. The van der Waals surface area contributed by atoms with E-state index in [2.05, 4.69) is 20.6 Å². The third-order valence-electron chi connectivity index (χ3n) is 4.94. The standard InChI is InChI=1S/C24H25N5O3S/c1-3-32-19-10-8-17(9-11-19)20-12-13-22-26-27-24(29(22)28-20)33-16-23(30)25-15-14-18-6-4-5-7-21(18)31-2/h4-13H,3,14-16H2,1-2H3,(H,25,30). The van der Waals surface area contributed by atoms with Gasteiger partial charge in [0.1, 0.15) is 11.5 Å². The summed E-state index contributed by atoms with van der Waals surface area (Å²) < 4.78 is 12.5. The van der Waals surface area contributed by atoms with Gasteiger partial charge in [0.05, 0.1) is 25.2 Å². The topological polar surface area (TPSA) is 90.6 Å². The Morgan fingerprint density at radius 1 is 1.06 bits per heavy atom. The Balaban J connectivity index is 1.36. The number of amides is 1. The lowest BCUT2D eigenvalue weighted by Crippen LogP contribution is -2.27. The van der Waals surface area contributed by atoms with Crippen molar-refractivity contribution >= 4 is 23.3 Å². The summed E-state index contributed by atoms with van der Waals surface area (Å²) in [6.07, 6.45) is 0.696. The molecule has 0 aliphatic carbocycles. The molecule has 9 heteroatoms. The van der Waals surface area contributed by atoms with Crippen molar-refractivity contribution in [2.24, 2.45) is 0 Å². The average molecular weight is 464 g/mol. The first-order valence-corrected chi connectivity index (χ1v) is 11.6. The number of benzene rings is 2. The Morgan fingerprint density at radius 2 is 1.88 bits per heavy atom. The molecule has 0 aliphatic rings. The third kappa shape index (κ3) is 5.61. The van der Waals surface area contributed by atoms with Gasteiger partial charge in [-0.15, -0.1) is 10.2 Å². The van der Waals surface area contributed by atoms with Crippen LogP contribution in [0.5, 0.6) is 11.5 Å². The quantitative estimate of drug-likeness (QED) is 0.359. The number of rotatable bonds is 10. The van der Waals surface area contributed by atoms with Crippen LogP contribution >= 0.6 is 11.8 Å². The molecule has 1 N–H and O–H groups in total. The fourth-order valence-corrected chi connectivity index (χ4v) is 4.05. The molecule has 0 saturated carbocycles. The number of para-hydroxylation sites is 1. The molecular formula is C24H25N5O3S. The van der Waals surface area contributed by atoms with Crippen molar-refractivity contribution in [3.05, 3.63) is 66.2 Å². The summed E-state index contributed by atoms with van der Waals surface area (Å²) in [5, 5.41) is 16.5. The first kappa shape index (κ1) is 22.6. The summed E-state index contributed by atoms with van der Waals surface area (Å²) in [4.78, 5) is 12.3. The number of hydrogen-bond acceptors (Lipinski definition) is 7. The van der Waals surface area contributed by atoms with Crippen LogP contribution in [-0.4, -0.2) is 51.7 Å². The molecule has 0 radical (unpaired) electrons. The minimum atomic E-state index is -0.0747. The van der Waals surface area contributed by atoms with E-state index >= 15 is 0 Å². The van der Waals surface area contributed by atoms with Gasteiger partial charge < -0.3 is 14.8 Å². The lowest BCUT2D eigenvalue weighted by atomic mass is 10.1. The van der Waals surface area contributed by atoms with E-state index in [1.54, 1.807) is 11.6 Å². The molecule has 8 nitrogen and oxygen atoms in total. The molecule has 33 heavy (non-hydrogen) atoms. The van der Waals surface area contributed by atoms with E-state index in [0.29, 0.717) is 30.4 Å². The predicted molar refractivity (Wildman–Crippen MR) is 128 cm³/mol. The van der Waals surface area contributed by atoms with Gasteiger partial charge in [0, 0.05) is 12.1 Å². The Morgan fingerprint density at radius 3 is 2.67 bits per heavy atom. The van der Waals surface area contributed by atoms with Crippen LogP contribution in [0.15, 0.2) is 65.8 Å². The van der Waals surface area contributed by atoms with Crippen LogP contribution < -0.4 is 14.8 Å². The summed E-state index contributed by atoms with van der Waals surface area (Å²) in [6.45, 7) is 3.11. The van der Waals surface area contributed by atoms with Crippen molar-refractivity contribution in [2.75, 3.05) is 26.0 Å². The van der Waals surface area contributed by atoms with E-state index in [1.165, 1.54) is 11.8 Å². The first-order chi connectivity index (χ1) is 16.2. The molecule has 2 aromatic carbocycles. The number of ether oxygens (including phenoxy) is 2. The Bertz CT molecular complexity index is 1230.